The van der Waals surface area contributed by atoms with Crippen molar-refractivity contribution in [3.8, 4) is 0 Å². The maximum atomic E-state index is 11.4. The minimum atomic E-state index is -0.508. The molecule has 0 atom stereocenters. The summed E-state index contributed by atoms with van der Waals surface area (Å²) in [5.74, 6) is 0.0569. The van der Waals surface area contributed by atoms with Crippen LogP contribution in [0.25, 0.3) is 0 Å². The fourth-order valence-corrected chi connectivity index (χ4v) is 1.46. The van der Waals surface area contributed by atoms with Crippen molar-refractivity contribution >= 4 is 11.7 Å². The first-order valence-corrected chi connectivity index (χ1v) is 4.70. The van der Waals surface area contributed by atoms with E-state index in [0.717, 1.165) is 6.42 Å². The van der Waals surface area contributed by atoms with Crippen LogP contribution in [0, 0.1) is 5.41 Å². The fourth-order valence-electron chi connectivity index (χ4n) is 1.46. The van der Waals surface area contributed by atoms with Gasteiger partial charge in [-0.15, -0.1) is 0 Å². The first kappa shape index (κ1) is 10.7. The van der Waals surface area contributed by atoms with Crippen LogP contribution < -0.4 is 0 Å². The van der Waals surface area contributed by atoms with Crippen LogP contribution >= 0.6 is 0 Å². The number of rotatable bonds is 2. The summed E-state index contributed by atoms with van der Waals surface area (Å²) in [5.41, 5.74) is -0.508. The van der Waals surface area contributed by atoms with E-state index in [1.807, 2.05) is 6.92 Å². The van der Waals surface area contributed by atoms with E-state index in [2.05, 4.69) is 0 Å². The molecule has 0 aromatic heterocycles. The Morgan fingerprint density at radius 1 is 1.21 bits per heavy atom. The van der Waals surface area contributed by atoms with Gasteiger partial charge in [0.15, 0.2) is 0 Å². The number of amides is 1. The number of carbonyl (C=O) groups excluding carboxylic acids is 2. The van der Waals surface area contributed by atoms with Crippen LogP contribution in [0.2, 0.25) is 0 Å². The number of nitrogens with zero attached hydrogens (tertiary/aromatic N) is 1. The van der Waals surface area contributed by atoms with E-state index >= 15 is 0 Å². The van der Waals surface area contributed by atoms with Gasteiger partial charge in [0.05, 0.1) is 5.41 Å². The third-order valence-electron chi connectivity index (χ3n) is 2.67. The summed E-state index contributed by atoms with van der Waals surface area (Å²) in [6.45, 7) is 5.02. The number of allylic oxidation sites excluding steroid dienone is 2. The van der Waals surface area contributed by atoms with Crippen LogP contribution in [-0.4, -0.2) is 16.6 Å². The number of Topliss-reactive ketones (excluding diaryl/α,β-unsaturated/α-hetero) is 1. The van der Waals surface area contributed by atoms with Crippen molar-refractivity contribution in [3.05, 3.63) is 24.6 Å². The molecule has 0 aliphatic carbocycles. The molecule has 1 aliphatic heterocycles. The van der Waals surface area contributed by atoms with Crippen molar-refractivity contribution < 1.29 is 9.59 Å². The topological polar surface area (TPSA) is 37.4 Å². The van der Waals surface area contributed by atoms with Gasteiger partial charge in [0.1, 0.15) is 5.78 Å². The van der Waals surface area contributed by atoms with Crippen LogP contribution in [0.4, 0.5) is 0 Å². The Morgan fingerprint density at radius 3 is 2.00 bits per heavy atom. The van der Waals surface area contributed by atoms with Gasteiger partial charge in [-0.1, -0.05) is 19.1 Å². The van der Waals surface area contributed by atoms with E-state index in [9.17, 15) is 9.59 Å². The monoisotopic (exact) mass is 193 g/mol. The number of ketones is 1. The average molecular weight is 193 g/mol. The molecule has 1 heterocycles. The molecular weight excluding hydrogens is 178 g/mol. The minimum absolute atomic E-state index is 0.0502. The highest BCUT2D eigenvalue weighted by Crippen LogP contribution is 2.30. The van der Waals surface area contributed by atoms with Gasteiger partial charge >= 0.3 is 0 Å². The maximum Gasteiger partial charge on any atom is 0.227 e. The lowest BCUT2D eigenvalue weighted by Gasteiger charge is -2.27. The van der Waals surface area contributed by atoms with E-state index < -0.39 is 5.41 Å². The molecule has 0 saturated carbocycles. The second kappa shape index (κ2) is 3.78. The molecule has 0 fully saturated rings. The third-order valence-corrected chi connectivity index (χ3v) is 2.67. The highest BCUT2D eigenvalue weighted by Gasteiger charge is 2.30. The average Bonchev–Trinajstić information content (AvgIpc) is 2.17. The lowest BCUT2D eigenvalue weighted by molar-refractivity contribution is -0.125. The summed E-state index contributed by atoms with van der Waals surface area (Å²) < 4.78 is 0. The zero-order valence-corrected chi connectivity index (χ0v) is 8.78. The summed E-state index contributed by atoms with van der Waals surface area (Å²) in [6.07, 6.45) is 7.62. The molecule has 3 nitrogen and oxygen atoms in total. The predicted octanol–water partition coefficient (Wildman–Crippen LogP) is 1.86. The molecule has 0 spiro atoms. The summed E-state index contributed by atoms with van der Waals surface area (Å²) in [4.78, 5) is 23.9. The van der Waals surface area contributed by atoms with Crippen LogP contribution in [0.15, 0.2) is 24.6 Å². The van der Waals surface area contributed by atoms with Crippen molar-refractivity contribution in [2.24, 2.45) is 5.41 Å². The van der Waals surface area contributed by atoms with Gasteiger partial charge < -0.3 is 0 Å². The predicted molar refractivity (Wildman–Crippen MR) is 54.2 cm³/mol. The SMILES string of the molecule is CCC1(C(C)=O)C=CN(C(C)=O)C=C1. The summed E-state index contributed by atoms with van der Waals surface area (Å²) in [7, 11) is 0. The van der Waals surface area contributed by atoms with E-state index in [1.165, 1.54) is 11.8 Å². The molecule has 0 saturated heterocycles. The summed E-state index contributed by atoms with van der Waals surface area (Å²) >= 11 is 0. The van der Waals surface area contributed by atoms with E-state index in [0.29, 0.717) is 0 Å². The zero-order valence-electron chi connectivity index (χ0n) is 8.78. The highest BCUT2D eigenvalue weighted by molar-refractivity contribution is 5.87. The molecule has 0 unspecified atom stereocenters. The second-order valence-corrected chi connectivity index (χ2v) is 3.51. The summed E-state index contributed by atoms with van der Waals surface area (Å²) in [5, 5.41) is 0. The Kier molecular flexibility index (Phi) is 2.89. The standard InChI is InChI=1S/C11H15NO2/c1-4-11(9(2)13)5-7-12(8-6-11)10(3)14/h5-8H,4H2,1-3H3. The molecule has 0 aromatic carbocycles. The van der Waals surface area contributed by atoms with Crippen molar-refractivity contribution in [3.63, 3.8) is 0 Å². The van der Waals surface area contributed by atoms with Gasteiger partial charge in [-0.2, -0.15) is 0 Å². The first-order valence-electron chi connectivity index (χ1n) is 4.70. The minimum Gasteiger partial charge on any atom is -0.299 e. The van der Waals surface area contributed by atoms with Crippen molar-refractivity contribution in [2.75, 3.05) is 0 Å². The Morgan fingerprint density at radius 2 is 1.71 bits per heavy atom. The normalized spacial score (nSPS) is 18.4. The molecule has 0 N–H and O–H groups in total. The van der Waals surface area contributed by atoms with Crippen molar-refractivity contribution in [1.82, 2.24) is 4.90 Å². The quantitative estimate of drug-likeness (QED) is 0.671. The molecule has 3 heteroatoms. The smallest absolute Gasteiger partial charge is 0.227 e. The van der Waals surface area contributed by atoms with Gasteiger partial charge in [0.2, 0.25) is 5.91 Å². The molecule has 1 amide bonds. The largest absolute Gasteiger partial charge is 0.299 e. The lowest BCUT2D eigenvalue weighted by atomic mass is 9.80. The molecule has 14 heavy (non-hydrogen) atoms. The van der Waals surface area contributed by atoms with Gasteiger partial charge in [-0.3, -0.25) is 14.5 Å². The van der Waals surface area contributed by atoms with Crippen LogP contribution in [-0.2, 0) is 9.59 Å². The Balaban J connectivity index is 2.91. The van der Waals surface area contributed by atoms with Crippen molar-refractivity contribution in [1.29, 1.82) is 0 Å². The van der Waals surface area contributed by atoms with Crippen LogP contribution in [0.1, 0.15) is 27.2 Å². The second-order valence-electron chi connectivity index (χ2n) is 3.51. The van der Waals surface area contributed by atoms with E-state index in [-0.39, 0.29) is 11.7 Å². The van der Waals surface area contributed by atoms with Gasteiger partial charge in [-0.05, 0) is 13.3 Å². The molecule has 1 aliphatic rings. The van der Waals surface area contributed by atoms with Gasteiger partial charge in [0, 0.05) is 19.3 Å². The van der Waals surface area contributed by atoms with Crippen LogP contribution in [0.3, 0.4) is 0 Å². The Labute approximate surface area is 84.1 Å². The van der Waals surface area contributed by atoms with Crippen molar-refractivity contribution in [2.45, 2.75) is 27.2 Å². The molecule has 0 radical (unpaired) electrons. The molecular formula is C11H15NO2. The maximum absolute atomic E-state index is 11.4. The Bertz CT molecular complexity index is 301. The van der Waals surface area contributed by atoms with E-state index in [1.54, 1.807) is 31.5 Å². The lowest BCUT2D eigenvalue weighted by Crippen LogP contribution is -2.29. The number of hydrogen-bond donors (Lipinski definition) is 0. The molecule has 0 bridgehead atoms. The highest BCUT2D eigenvalue weighted by atomic mass is 16.2. The van der Waals surface area contributed by atoms with Crippen LogP contribution in [0.5, 0.6) is 0 Å². The van der Waals surface area contributed by atoms with E-state index in [4.69, 9.17) is 0 Å². The Hall–Kier alpha value is -1.38. The third kappa shape index (κ3) is 1.76. The molecule has 1 rings (SSSR count). The number of hydrogen-bond acceptors (Lipinski definition) is 2. The number of carbonyl (C=O) groups is 2. The zero-order chi connectivity index (χ0) is 10.8. The van der Waals surface area contributed by atoms with Gasteiger partial charge in [0.25, 0.3) is 0 Å². The molecule has 0 aromatic rings. The first-order chi connectivity index (χ1) is 6.52. The van der Waals surface area contributed by atoms with Gasteiger partial charge in [-0.25, -0.2) is 0 Å². The summed E-state index contributed by atoms with van der Waals surface area (Å²) in [6, 6.07) is 0. The fraction of sp³-hybridized carbons (Fsp3) is 0.455. The molecule has 76 valence electrons.